The van der Waals surface area contributed by atoms with Gasteiger partial charge in [-0.1, -0.05) is 13.0 Å². The van der Waals surface area contributed by atoms with E-state index in [0.717, 1.165) is 0 Å². The molecule has 0 amide bonds. The van der Waals surface area contributed by atoms with Gasteiger partial charge in [0, 0.05) is 0 Å². The van der Waals surface area contributed by atoms with Gasteiger partial charge < -0.3 is 5.11 Å². The Morgan fingerprint density at radius 3 is 2.67 bits per heavy atom. The van der Waals surface area contributed by atoms with Crippen molar-refractivity contribution in [2.24, 2.45) is 0 Å². The molecule has 0 saturated heterocycles. The zero-order valence-electron chi connectivity index (χ0n) is 8.55. The fraction of sp³-hybridized carbons (Fsp3) is 0.364. The average molecular weight is 275 g/mol. The Balaban J connectivity index is 3.25. The minimum atomic E-state index is -0.876. The molecular weight excluding hydrogens is 263 g/mol. The summed E-state index contributed by atoms with van der Waals surface area (Å²) in [7, 11) is 0. The van der Waals surface area contributed by atoms with Crippen LogP contribution in [0, 0.1) is 12.7 Å². The summed E-state index contributed by atoms with van der Waals surface area (Å²) >= 11 is 3.11. The first-order valence-corrected chi connectivity index (χ1v) is 5.45. The van der Waals surface area contributed by atoms with Crippen molar-refractivity contribution in [2.75, 3.05) is 0 Å². The molecule has 1 rings (SSSR count). The zero-order valence-corrected chi connectivity index (χ0v) is 10.1. The number of aliphatic carboxylic acids is 1. The number of carboxylic acid groups (broad SMARTS) is 1. The van der Waals surface area contributed by atoms with Crippen molar-refractivity contribution < 1.29 is 14.3 Å². The van der Waals surface area contributed by atoms with Gasteiger partial charge in [-0.15, -0.1) is 0 Å². The summed E-state index contributed by atoms with van der Waals surface area (Å²) in [6.07, 6.45) is 0.494. The van der Waals surface area contributed by atoms with Gasteiger partial charge in [-0.2, -0.15) is 0 Å². The van der Waals surface area contributed by atoms with Gasteiger partial charge in [-0.05, 0) is 46.5 Å². The highest BCUT2D eigenvalue weighted by Gasteiger charge is 2.21. The van der Waals surface area contributed by atoms with Crippen molar-refractivity contribution in [3.8, 4) is 0 Å². The predicted octanol–water partition coefficient (Wildman–Crippen LogP) is 3.47. The van der Waals surface area contributed by atoms with E-state index in [4.69, 9.17) is 5.11 Å². The lowest BCUT2D eigenvalue weighted by molar-refractivity contribution is -0.138. The highest BCUT2D eigenvalue weighted by Crippen LogP contribution is 2.30. The number of halogens is 2. The molecule has 0 spiro atoms. The van der Waals surface area contributed by atoms with Crippen LogP contribution in [0.25, 0.3) is 0 Å². The van der Waals surface area contributed by atoms with E-state index in [1.165, 1.54) is 12.1 Å². The fourth-order valence-electron chi connectivity index (χ4n) is 1.57. The minimum absolute atomic E-state index is 0.347. The van der Waals surface area contributed by atoms with Gasteiger partial charge in [0.15, 0.2) is 0 Å². The van der Waals surface area contributed by atoms with E-state index in [1.54, 1.807) is 13.8 Å². The second kappa shape index (κ2) is 4.75. The zero-order chi connectivity index (χ0) is 11.6. The molecule has 0 aliphatic carbocycles. The standard InChI is InChI=1S/C11H12BrFO2/c1-3-7(11(14)15)8-4-5-9(13)10(12)6(8)2/h4-5,7H,3H2,1-2H3,(H,14,15). The van der Waals surface area contributed by atoms with E-state index in [-0.39, 0.29) is 5.82 Å². The summed E-state index contributed by atoms with van der Waals surface area (Å²) in [6, 6.07) is 2.83. The summed E-state index contributed by atoms with van der Waals surface area (Å²) in [4.78, 5) is 11.0. The molecule has 15 heavy (non-hydrogen) atoms. The molecular formula is C11H12BrFO2. The molecule has 0 aliphatic rings. The molecule has 0 radical (unpaired) electrons. The van der Waals surface area contributed by atoms with Crippen molar-refractivity contribution in [3.63, 3.8) is 0 Å². The number of hydrogen-bond donors (Lipinski definition) is 1. The van der Waals surface area contributed by atoms with Crippen LogP contribution in [0.1, 0.15) is 30.4 Å². The topological polar surface area (TPSA) is 37.3 Å². The van der Waals surface area contributed by atoms with Crippen LogP contribution in [-0.4, -0.2) is 11.1 Å². The lowest BCUT2D eigenvalue weighted by Gasteiger charge is -2.14. The largest absolute Gasteiger partial charge is 0.481 e. The minimum Gasteiger partial charge on any atom is -0.481 e. The summed E-state index contributed by atoms with van der Waals surface area (Å²) in [5, 5.41) is 9.00. The van der Waals surface area contributed by atoms with Gasteiger partial charge in [0.1, 0.15) is 5.82 Å². The Labute approximate surface area is 96.2 Å². The Kier molecular flexibility index (Phi) is 3.85. The normalized spacial score (nSPS) is 12.5. The van der Waals surface area contributed by atoms with Crippen LogP contribution < -0.4 is 0 Å². The monoisotopic (exact) mass is 274 g/mol. The van der Waals surface area contributed by atoms with Crippen LogP contribution >= 0.6 is 15.9 Å². The van der Waals surface area contributed by atoms with E-state index in [2.05, 4.69) is 15.9 Å². The molecule has 1 atom stereocenters. The van der Waals surface area contributed by atoms with E-state index in [9.17, 15) is 9.18 Å². The van der Waals surface area contributed by atoms with Crippen molar-refractivity contribution in [1.82, 2.24) is 0 Å². The Morgan fingerprint density at radius 1 is 1.60 bits per heavy atom. The smallest absolute Gasteiger partial charge is 0.310 e. The van der Waals surface area contributed by atoms with Gasteiger partial charge in [0.05, 0.1) is 10.4 Å². The van der Waals surface area contributed by atoms with Gasteiger partial charge in [-0.25, -0.2) is 4.39 Å². The van der Waals surface area contributed by atoms with Crippen molar-refractivity contribution in [3.05, 3.63) is 33.5 Å². The van der Waals surface area contributed by atoms with Gasteiger partial charge in [0.2, 0.25) is 0 Å². The average Bonchev–Trinajstić information content (AvgIpc) is 2.18. The molecule has 1 unspecified atom stereocenters. The van der Waals surface area contributed by atoms with Gasteiger partial charge in [-0.3, -0.25) is 4.79 Å². The van der Waals surface area contributed by atoms with Crippen LogP contribution in [0.3, 0.4) is 0 Å². The molecule has 1 N–H and O–H groups in total. The summed E-state index contributed by atoms with van der Waals surface area (Å²) in [6.45, 7) is 3.52. The Bertz CT molecular complexity index is 390. The molecule has 82 valence electrons. The molecule has 0 saturated carbocycles. The lowest BCUT2D eigenvalue weighted by atomic mass is 9.93. The van der Waals surface area contributed by atoms with Crippen LogP contribution in [-0.2, 0) is 4.79 Å². The van der Waals surface area contributed by atoms with Crippen molar-refractivity contribution in [2.45, 2.75) is 26.2 Å². The maximum Gasteiger partial charge on any atom is 0.310 e. The Morgan fingerprint density at radius 2 is 2.20 bits per heavy atom. The molecule has 4 heteroatoms. The van der Waals surface area contributed by atoms with Crippen LogP contribution in [0.5, 0.6) is 0 Å². The molecule has 1 aromatic carbocycles. The third kappa shape index (κ3) is 2.37. The molecule has 0 heterocycles. The molecule has 2 nitrogen and oxygen atoms in total. The maximum absolute atomic E-state index is 13.1. The first kappa shape index (κ1) is 12.2. The SMILES string of the molecule is CCC(C(=O)O)c1ccc(F)c(Br)c1C. The number of benzene rings is 1. The first-order valence-electron chi connectivity index (χ1n) is 4.66. The van der Waals surface area contributed by atoms with Crippen LogP contribution in [0.15, 0.2) is 16.6 Å². The van der Waals surface area contributed by atoms with E-state index < -0.39 is 11.9 Å². The first-order chi connectivity index (χ1) is 6.99. The molecule has 0 fully saturated rings. The lowest BCUT2D eigenvalue weighted by Crippen LogP contribution is -2.12. The van der Waals surface area contributed by atoms with Crippen molar-refractivity contribution >= 4 is 21.9 Å². The quantitative estimate of drug-likeness (QED) is 0.917. The highest BCUT2D eigenvalue weighted by molar-refractivity contribution is 9.10. The Hall–Kier alpha value is -0.900. The third-order valence-corrected chi connectivity index (χ3v) is 3.44. The summed E-state index contributed by atoms with van der Waals surface area (Å²) in [5.74, 6) is -1.81. The second-order valence-electron chi connectivity index (χ2n) is 3.37. The summed E-state index contributed by atoms with van der Waals surface area (Å²) < 4.78 is 13.5. The van der Waals surface area contributed by atoms with Crippen LogP contribution in [0.2, 0.25) is 0 Å². The maximum atomic E-state index is 13.1. The molecule has 0 aliphatic heterocycles. The molecule has 0 aromatic heterocycles. The molecule has 0 bridgehead atoms. The van der Waals surface area contributed by atoms with E-state index >= 15 is 0 Å². The van der Waals surface area contributed by atoms with Crippen molar-refractivity contribution in [1.29, 1.82) is 0 Å². The number of rotatable bonds is 3. The number of hydrogen-bond acceptors (Lipinski definition) is 1. The van der Waals surface area contributed by atoms with Crippen LogP contribution in [0.4, 0.5) is 4.39 Å². The summed E-state index contributed by atoms with van der Waals surface area (Å²) in [5.41, 5.74) is 1.32. The highest BCUT2D eigenvalue weighted by atomic mass is 79.9. The second-order valence-corrected chi connectivity index (χ2v) is 4.17. The predicted molar refractivity (Wildman–Crippen MR) is 59.5 cm³/mol. The van der Waals surface area contributed by atoms with E-state index in [1.807, 2.05) is 0 Å². The third-order valence-electron chi connectivity index (χ3n) is 2.46. The van der Waals surface area contributed by atoms with E-state index in [0.29, 0.717) is 22.0 Å². The number of carbonyl (C=O) groups is 1. The van der Waals surface area contributed by atoms with Gasteiger partial charge >= 0.3 is 5.97 Å². The van der Waals surface area contributed by atoms with Gasteiger partial charge in [0.25, 0.3) is 0 Å². The fourth-order valence-corrected chi connectivity index (χ4v) is 1.93. The number of carboxylic acids is 1. The molecule has 1 aromatic rings.